The molecule has 5 nitrogen and oxygen atoms in total. The lowest BCUT2D eigenvalue weighted by molar-refractivity contribution is 0.410. The molecule has 2 aromatic heterocycles. The number of benzene rings is 1. The summed E-state index contributed by atoms with van der Waals surface area (Å²) >= 11 is 1.79. The number of nitrogens with zero attached hydrogens (tertiary/aromatic N) is 2. The number of methoxy groups -OCH3 is 1. The number of phenolic OH excluding ortho intramolecular Hbond substituents is 1. The van der Waals surface area contributed by atoms with Crippen molar-refractivity contribution in [3.8, 4) is 11.5 Å². The molecule has 130 valence electrons. The number of nitrogens with one attached hydrogen (secondary N) is 1. The van der Waals surface area contributed by atoms with Crippen molar-refractivity contribution in [2.75, 3.05) is 12.4 Å². The summed E-state index contributed by atoms with van der Waals surface area (Å²) in [5, 5.41) is 14.8. The summed E-state index contributed by atoms with van der Waals surface area (Å²) in [5.74, 6) is 1.82. The van der Waals surface area contributed by atoms with Crippen LogP contribution < -0.4 is 10.1 Å². The monoisotopic (exact) mass is 355 g/mol. The fraction of sp³-hybridized carbons (Fsp3) is 0.368. The van der Waals surface area contributed by atoms with Gasteiger partial charge in [0.25, 0.3) is 0 Å². The molecule has 2 N–H and O–H groups in total. The summed E-state index contributed by atoms with van der Waals surface area (Å²) in [4.78, 5) is 11.5. The van der Waals surface area contributed by atoms with Crippen LogP contribution in [-0.2, 0) is 12.8 Å². The average molecular weight is 355 g/mol. The molecule has 25 heavy (non-hydrogen) atoms. The molecule has 1 unspecified atom stereocenters. The van der Waals surface area contributed by atoms with Crippen LogP contribution >= 0.6 is 11.3 Å². The van der Waals surface area contributed by atoms with Crippen LogP contribution in [0.5, 0.6) is 11.5 Å². The number of thiophene rings is 1. The van der Waals surface area contributed by atoms with Gasteiger partial charge in [0, 0.05) is 10.4 Å². The van der Waals surface area contributed by atoms with E-state index in [1.165, 1.54) is 23.3 Å². The van der Waals surface area contributed by atoms with E-state index in [-0.39, 0.29) is 11.8 Å². The number of fused-ring (bicyclic) bond motifs is 3. The molecule has 0 saturated heterocycles. The van der Waals surface area contributed by atoms with Crippen molar-refractivity contribution in [2.45, 2.75) is 38.6 Å². The second kappa shape index (κ2) is 6.52. The molecule has 0 fully saturated rings. The number of ether oxygens (including phenoxy) is 1. The van der Waals surface area contributed by atoms with Crippen molar-refractivity contribution in [3.63, 3.8) is 0 Å². The minimum Gasteiger partial charge on any atom is -0.508 e. The maximum Gasteiger partial charge on any atom is 0.138 e. The van der Waals surface area contributed by atoms with E-state index >= 15 is 0 Å². The molecule has 1 aliphatic carbocycles. The fourth-order valence-electron chi connectivity index (χ4n) is 3.49. The van der Waals surface area contributed by atoms with Crippen LogP contribution in [0.1, 0.15) is 41.8 Å². The van der Waals surface area contributed by atoms with Gasteiger partial charge in [0.1, 0.15) is 28.5 Å². The van der Waals surface area contributed by atoms with E-state index in [1.54, 1.807) is 36.9 Å². The van der Waals surface area contributed by atoms with Gasteiger partial charge in [-0.3, -0.25) is 0 Å². The zero-order valence-electron chi connectivity index (χ0n) is 14.4. The van der Waals surface area contributed by atoms with Crippen LogP contribution in [0.4, 0.5) is 5.82 Å². The van der Waals surface area contributed by atoms with Crippen LogP contribution in [0.25, 0.3) is 10.2 Å². The Morgan fingerprint density at radius 2 is 2.08 bits per heavy atom. The standard InChI is InChI=1S/C19H21N3O2S/c1-11(14-9-12(24-2)7-8-15(14)23)22-18-17-13-5-3-4-6-16(13)25-19(17)21-10-20-18/h7-11,23H,3-6H2,1-2H3,(H,20,21,22). The van der Waals surface area contributed by atoms with E-state index in [0.29, 0.717) is 0 Å². The smallest absolute Gasteiger partial charge is 0.138 e. The van der Waals surface area contributed by atoms with E-state index < -0.39 is 0 Å². The summed E-state index contributed by atoms with van der Waals surface area (Å²) < 4.78 is 5.28. The van der Waals surface area contributed by atoms with Gasteiger partial charge in [0.2, 0.25) is 0 Å². The SMILES string of the molecule is COc1ccc(O)c(C(C)Nc2ncnc3sc4c(c23)CCCC4)c1. The number of aromatic nitrogens is 2. The predicted octanol–water partition coefficient (Wildman–Crippen LogP) is 4.46. The molecular formula is C19H21N3O2S. The number of rotatable bonds is 4. The summed E-state index contributed by atoms with van der Waals surface area (Å²) in [7, 11) is 1.62. The van der Waals surface area contributed by atoms with E-state index in [4.69, 9.17) is 4.74 Å². The summed E-state index contributed by atoms with van der Waals surface area (Å²) in [6.45, 7) is 2.02. The van der Waals surface area contributed by atoms with E-state index in [9.17, 15) is 5.11 Å². The first-order valence-electron chi connectivity index (χ1n) is 8.56. The van der Waals surface area contributed by atoms with Crippen LogP contribution in [0, 0.1) is 0 Å². The highest BCUT2D eigenvalue weighted by atomic mass is 32.1. The average Bonchev–Trinajstić information content (AvgIpc) is 3.01. The van der Waals surface area contributed by atoms with Crippen LogP contribution in [0.15, 0.2) is 24.5 Å². The highest BCUT2D eigenvalue weighted by molar-refractivity contribution is 7.19. The zero-order valence-corrected chi connectivity index (χ0v) is 15.2. The van der Waals surface area contributed by atoms with Gasteiger partial charge in [-0.25, -0.2) is 9.97 Å². The molecule has 4 rings (SSSR count). The largest absolute Gasteiger partial charge is 0.508 e. The third kappa shape index (κ3) is 2.91. The number of hydrogen-bond acceptors (Lipinski definition) is 6. The Labute approximate surface area is 150 Å². The molecule has 0 spiro atoms. The first-order valence-corrected chi connectivity index (χ1v) is 9.37. The lowest BCUT2D eigenvalue weighted by Crippen LogP contribution is -2.09. The molecule has 0 bridgehead atoms. The Morgan fingerprint density at radius 1 is 1.24 bits per heavy atom. The normalized spacial score (nSPS) is 15.0. The van der Waals surface area contributed by atoms with Gasteiger partial charge < -0.3 is 15.2 Å². The van der Waals surface area contributed by atoms with Gasteiger partial charge in [0.15, 0.2) is 0 Å². The van der Waals surface area contributed by atoms with Gasteiger partial charge in [-0.2, -0.15) is 0 Å². The van der Waals surface area contributed by atoms with E-state index in [1.807, 2.05) is 13.0 Å². The maximum absolute atomic E-state index is 10.2. The Balaban J connectivity index is 1.72. The summed E-state index contributed by atoms with van der Waals surface area (Å²) in [6, 6.07) is 5.17. The summed E-state index contributed by atoms with van der Waals surface area (Å²) in [5.41, 5.74) is 2.19. The third-order valence-electron chi connectivity index (χ3n) is 4.81. The number of phenols is 1. The quantitative estimate of drug-likeness (QED) is 0.723. The minimum absolute atomic E-state index is 0.104. The Hall–Kier alpha value is -2.34. The second-order valence-corrected chi connectivity index (χ2v) is 7.49. The fourth-order valence-corrected chi connectivity index (χ4v) is 4.72. The number of aromatic hydroxyl groups is 1. The second-order valence-electron chi connectivity index (χ2n) is 6.40. The lowest BCUT2D eigenvalue weighted by atomic mass is 9.97. The molecule has 0 amide bonds. The van der Waals surface area contributed by atoms with Crippen molar-refractivity contribution in [2.24, 2.45) is 0 Å². The highest BCUT2D eigenvalue weighted by Crippen LogP contribution is 2.39. The van der Waals surface area contributed by atoms with Gasteiger partial charge in [-0.15, -0.1) is 11.3 Å². The predicted molar refractivity (Wildman–Crippen MR) is 101 cm³/mol. The molecular weight excluding hydrogens is 334 g/mol. The van der Waals surface area contributed by atoms with Crippen molar-refractivity contribution < 1.29 is 9.84 Å². The Kier molecular flexibility index (Phi) is 4.21. The molecule has 1 aliphatic rings. The topological polar surface area (TPSA) is 67.3 Å². The number of hydrogen-bond donors (Lipinski definition) is 2. The van der Waals surface area contributed by atoms with Gasteiger partial charge in [-0.1, -0.05) is 0 Å². The van der Waals surface area contributed by atoms with Crippen LogP contribution in [0.2, 0.25) is 0 Å². The zero-order chi connectivity index (χ0) is 17.4. The number of anilines is 1. The minimum atomic E-state index is -0.104. The third-order valence-corrected chi connectivity index (χ3v) is 6.01. The van der Waals surface area contributed by atoms with Crippen molar-refractivity contribution in [1.29, 1.82) is 0 Å². The van der Waals surface area contributed by atoms with Crippen molar-refractivity contribution >= 4 is 27.4 Å². The maximum atomic E-state index is 10.2. The van der Waals surface area contributed by atoms with Gasteiger partial charge in [0.05, 0.1) is 18.5 Å². The lowest BCUT2D eigenvalue weighted by Gasteiger charge is -2.18. The van der Waals surface area contributed by atoms with E-state index in [0.717, 1.165) is 40.2 Å². The molecule has 0 aliphatic heterocycles. The first-order chi connectivity index (χ1) is 12.2. The Bertz CT molecular complexity index is 922. The van der Waals surface area contributed by atoms with Crippen LogP contribution in [-0.4, -0.2) is 22.2 Å². The molecule has 1 aromatic carbocycles. The molecule has 6 heteroatoms. The van der Waals surface area contributed by atoms with Crippen molar-refractivity contribution in [1.82, 2.24) is 9.97 Å². The molecule has 0 radical (unpaired) electrons. The molecule has 0 saturated carbocycles. The van der Waals surface area contributed by atoms with Gasteiger partial charge in [-0.05, 0) is 56.4 Å². The van der Waals surface area contributed by atoms with Crippen LogP contribution in [0.3, 0.4) is 0 Å². The van der Waals surface area contributed by atoms with Gasteiger partial charge >= 0.3 is 0 Å². The Morgan fingerprint density at radius 3 is 2.92 bits per heavy atom. The highest BCUT2D eigenvalue weighted by Gasteiger charge is 2.21. The molecule has 3 aromatic rings. The molecule has 1 atom stereocenters. The first kappa shape index (κ1) is 16.1. The van der Waals surface area contributed by atoms with Crippen molar-refractivity contribution in [3.05, 3.63) is 40.5 Å². The number of aryl methyl sites for hydroxylation is 2. The summed E-state index contributed by atoms with van der Waals surface area (Å²) in [6.07, 6.45) is 6.33. The van der Waals surface area contributed by atoms with E-state index in [2.05, 4.69) is 15.3 Å². The molecule has 2 heterocycles.